The first-order chi connectivity index (χ1) is 16.7. The van der Waals surface area contributed by atoms with Gasteiger partial charge < -0.3 is 5.32 Å². The van der Waals surface area contributed by atoms with E-state index in [2.05, 4.69) is 15.3 Å². The Labute approximate surface area is 206 Å². The van der Waals surface area contributed by atoms with Crippen molar-refractivity contribution in [1.82, 2.24) is 14.3 Å². The van der Waals surface area contributed by atoms with Crippen molar-refractivity contribution in [3.05, 3.63) is 83.3 Å². The summed E-state index contributed by atoms with van der Waals surface area (Å²) in [5.41, 5.74) is 2.97. The van der Waals surface area contributed by atoms with Crippen LogP contribution in [-0.4, -0.2) is 48.7 Å². The zero-order chi connectivity index (χ0) is 24.7. The number of halogens is 2. The zero-order valence-corrected chi connectivity index (χ0v) is 20.0. The zero-order valence-electron chi connectivity index (χ0n) is 18.4. The van der Waals surface area contributed by atoms with Crippen molar-refractivity contribution in [1.29, 1.82) is 0 Å². The Hall–Kier alpha value is -3.60. The third-order valence-electron chi connectivity index (χ3n) is 5.73. The van der Waals surface area contributed by atoms with Gasteiger partial charge in [-0.25, -0.2) is 9.37 Å². The molecule has 0 unspecified atom stereocenters. The molecule has 1 amide bonds. The summed E-state index contributed by atoms with van der Waals surface area (Å²) < 4.78 is 41.8. The van der Waals surface area contributed by atoms with Gasteiger partial charge in [-0.1, -0.05) is 11.6 Å². The van der Waals surface area contributed by atoms with Gasteiger partial charge >= 0.3 is 10.2 Å². The van der Waals surface area contributed by atoms with Crippen LogP contribution in [0.3, 0.4) is 0 Å². The van der Waals surface area contributed by atoms with Gasteiger partial charge in [0.05, 0.1) is 33.0 Å². The van der Waals surface area contributed by atoms with Crippen LogP contribution < -0.4 is 9.62 Å². The minimum Gasteiger partial charge on any atom is -0.322 e. The van der Waals surface area contributed by atoms with E-state index in [0.717, 1.165) is 15.9 Å². The molecule has 1 saturated heterocycles. The molecule has 1 fully saturated rings. The number of aromatic nitrogens is 2. The molecule has 178 valence electrons. The van der Waals surface area contributed by atoms with E-state index in [-0.39, 0.29) is 17.8 Å². The maximum Gasteiger partial charge on any atom is 0.303 e. The Kier molecular flexibility index (Phi) is 5.87. The molecule has 11 heteroatoms. The van der Waals surface area contributed by atoms with Gasteiger partial charge in [0.1, 0.15) is 5.82 Å². The Balaban J connectivity index is 1.40. The van der Waals surface area contributed by atoms with Crippen molar-refractivity contribution in [2.45, 2.75) is 0 Å². The second-order valence-corrected chi connectivity index (χ2v) is 10.3. The topological polar surface area (TPSA) is 95.5 Å². The molecule has 8 nitrogen and oxygen atoms in total. The van der Waals surface area contributed by atoms with E-state index in [1.165, 1.54) is 23.5 Å². The normalized spacial score (nSPS) is 15.5. The molecule has 0 radical (unpaired) electrons. The molecule has 0 saturated carbocycles. The van der Waals surface area contributed by atoms with Crippen LogP contribution in [0.5, 0.6) is 0 Å². The van der Waals surface area contributed by atoms with Crippen LogP contribution in [-0.2, 0) is 10.2 Å². The van der Waals surface area contributed by atoms with E-state index in [0.29, 0.717) is 34.0 Å². The Bertz CT molecular complexity index is 1580. The number of nitrogens with one attached hydrogen (secondary N) is 1. The molecule has 2 aromatic carbocycles. The van der Waals surface area contributed by atoms with Gasteiger partial charge in [-0.3, -0.25) is 14.1 Å². The quantitative estimate of drug-likeness (QED) is 0.440. The first-order valence-corrected chi connectivity index (χ1v) is 12.4. The SMILES string of the molecule is CN1CCN(c2ccc(C(=O)Nc3ccc(Cl)c(-c4ccc5ncccc5n4)c3)c(F)c2)S1(=O)=O. The van der Waals surface area contributed by atoms with Crippen LogP contribution in [0.4, 0.5) is 15.8 Å². The molecule has 35 heavy (non-hydrogen) atoms. The van der Waals surface area contributed by atoms with Crippen molar-refractivity contribution in [2.75, 3.05) is 29.8 Å². The van der Waals surface area contributed by atoms with Crippen molar-refractivity contribution < 1.29 is 17.6 Å². The number of likely N-dealkylation sites (N-methyl/N-ethyl adjacent to an activating group) is 1. The first-order valence-electron chi connectivity index (χ1n) is 10.6. The van der Waals surface area contributed by atoms with Crippen LogP contribution in [0.25, 0.3) is 22.3 Å². The van der Waals surface area contributed by atoms with E-state index in [1.54, 1.807) is 36.5 Å². The fraction of sp³-hybridized carbons (Fsp3) is 0.125. The standard InChI is InChI=1S/C24H19ClFN5O3S/c1-30-11-12-31(35(30,33)34)16-5-6-17(20(26)14-16)24(32)28-15-4-7-19(25)18(13-15)21-8-9-22-23(29-21)3-2-10-27-22/h2-10,13-14H,11-12H2,1H3,(H,28,32). The molecule has 3 heterocycles. The van der Waals surface area contributed by atoms with Gasteiger partial charge in [0, 0.05) is 37.6 Å². The minimum atomic E-state index is -3.69. The third kappa shape index (κ3) is 4.31. The number of anilines is 2. The Morgan fingerprint density at radius 3 is 2.63 bits per heavy atom. The smallest absolute Gasteiger partial charge is 0.303 e. The van der Waals surface area contributed by atoms with Crippen molar-refractivity contribution in [3.8, 4) is 11.3 Å². The summed E-state index contributed by atoms with van der Waals surface area (Å²) in [6.45, 7) is 0.504. The molecule has 1 aliphatic heterocycles. The molecule has 2 aromatic heterocycles. The number of pyridine rings is 2. The number of carbonyl (C=O) groups is 1. The Morgan fingerprint density at radius 1 is 1.06 bits per heavy atom. The molecule has 1 N–H and O–H groups in total. The number of amides is 1. The number of hydrogen-bond donors (Lipinski definition) is 1. The van der Waals surface area contributed by atoms with Crippen LogP contribution in [0.1, 0.15) is 10.4 Å². The fourth-order valence-corrected chi connectivity index (χ4v) is 5.40. The predicted octanol–water partition coefficient (Wildman–Crippen LogP) is 4.34. The first kappa shape index (κ1) is 23.2. The molecular formula is C24H19ClFN5O3S. The highest BCUT2D eigenvalue weighted by Crippen LogP contribution is 2.31. The molecule has 4 aromatic rings. The van der Waals surface area contributed by atoms with E-state index in [9.17, 15) is 17.6 Å². The third-order valence-corrected chi connectivity index (χ3v) is 7.98. The second-order valence-electron chi connectivity index (χ2n) is 7.95. The van der Waals surface area contributed by atoms with Crippen molar-refractivity contribution >= 4 is 50.1 Å². The lowest BCUT2D eigenvalue weighted by molar-refractivity contribution is 0.102. The average molecular weight is 512 g/mol. The second kappa shape index (κ2) is 8.88. The molecular weight excluding hydrogens is 493 g/mol. The molecule has 0 atom stereocenters. The van der Waals surface area contributed by atoms with Crippen LogP contribution >= 0.6 is 11.6 Å². The number of nitrogens with zero attached hydrogens (tertiary/aromatic N) is 4. The molecule has 0 spiro atoms. The van der Waals surface area contributed by atoms with E-state index < -0.39 is 21.9 Å². The summed E-state index contributed by atoms with van der Waals surface area (Å²) in [4.78, 5) is 21.6. The number of fused-ring (bicyclic) bond motifs is 1. The van der Waals surface area contributed by atoms with Crippen LogP contribution in [0.15, 0.2) is 66.9 Å². The van der Waals surface area contributed by atoms with E-state index >= 15 is 0 Å². The summed E-state index contributed by atoms with van der Waals surface area (Å²) in [5.74, 6) is -1.51. The van der Waals surface area contributed by atoms with Gasteiger partial charge in [-0.05, 0) is 60.7 Å². The van der Waals surface area contributed by atoms with Gasteiger partial charge in [0.2, 0.25) is 0 Å². The fourth-order valence-electron chi connectivity index (χ4n) is 3.84. The van der Waals surface area contributed by atoms with Crippen LogP contribution in [0.2, 0.25) is 5.02 Å². The van der Waals surface area contributed by atoms with Crippen molar-refractivity contribution in [2.24, 2.45) is 0 Å². The molecule has 5 rings (SSSR count). The lowest BCUT2D eigenvalue weighted by atomic mass is 10.1. The van der Waals surface area contributed by atoms with E-state index in [1.807, 2.05) is 12.1 Å². The summed E-state index contributed by atoms with van der Waals surface area (Å²) >= 11 is 6.39. The summed E-state index contributed by atoms with van der Waals surface area (Å²) in [7, 11) is -2.23. The van der Waals surface area contributed by atoms with Crippen molar-refractivity contribution in [3.63, 3.8) is 0 Å². The minimum absolute atomic E-state index is 0.161. The van der Waals surface area contributed by atoms with E-state index in [4.69, 9.17) is 11.6 Å². The highest BCUT2D eigenvalue weighted by atomic mass is 35.5. The van der Waals surface area contributed by atoms with Gasteiger partial charge in [-0.2, -0.15) is 12.7 Å². The Morgan fingerprint density at radius 2 is 1.89 bits per heavy atom. The monoisotopic (exact) mass is 511 g/mol. The predicted molar refractivity (Wildman–Crippen MR) is 133 cm³/mol. The largest absolute Gasteiger partial charge is 0.322 e. The summed E-state index contributed by atoms with van der Waals surface area (Å²) in [6.07, 6.45) is 1.68. The highest BCUT2D eigenvalue weighted by Gasteiger charge is 2.34. The maximum absolute atomic E-state index is 14.8. The van der Waals surface area contributed by atoms with Gasteiger partial charge in [-0.15, -0.1) is 0 Å². The molecule has 0 bridgehead atoms. The maximum atomic E-state index is 14.8. The lowest BCUT2D eigenvalue weighted by Gasteiger charge is -2.18. The molecule has 1 aliphatic rings. The lowest BCUT2D eigenvalue weighted by Crippen LogP contribution is -2.30. The number of hydrogen-bond acceptors (Lipinski definition) is 5. The summed E-state index contributed by atoms with van der Waals surface area (Å²) in [5, 5.41) is 3.10. The van der Waals surface area contributed by atoms with Gasteiger partial charge in [0.25, 0.3) is 5.91 Å². The average Bonchev–Trinajstić information content (AvgIpc) is 3.11. The number of benzene rings is 2. The van der Waals surface area contributed by atoms with Crippen LogP contribution in [0, 0.1) is 5.82 Å². The highest BCUT2D eigenvalue weighted by molar-refractivity contribution is 7.90. The molecule has 0 aliphatic carbocycles. The summed E-state index contributed by atoms with van der Waals surface area (Å²) in [6, 6.07) is 15.8. The number of rotatable bonds is 4. The van der Waals surface area contributed by atoms with Gasteiger partial charge in [0.15, 0.2) is 0 Å². The number of carbonyl (C=O) groups excluding carboxylic acids is 1.